The van der Waals surface area contributed by atoms with Crippen LogP contribution in [0.1, 0.15) is 43.8 Å². The molecule has 1 unspecified atom stereocenters. The minimum Gasteiger partial charge on any atom is -0.323 e. The monoisotopic (exact) mass is 256 g/mol. The molecule has 1 aromatic heterocycles. The Bertz CT molecular complexity index is 514. The quantitative estimate of drug-likeness (QED) is 0.915. The van der Waals surface area contributed by atoms with E-state index >= 15 is 0 Å². The van der Waals surface area contributed by atoms with Crippen LogP contribution in [0, 0.1) is 5.92 Å². The van der Waals surface area contributed by atoms with Crippen LogP contribution in [-0.2, 0) is 0 Å². The van der Waals surface area contributed by atoms with Crippen molar-refractivity contribution in [3.8, 4) is 5.69 Å². The summed E-state index contributed by atoms with van der Waals surface area (Å²) in [5.74, 6) is 0.772. The van der Waals surface area contributed by atoms with Crippen LogP contribution in [0.3, 0.4) is 0 Å². The first kappa shape index (κ1) is 12.4. The topological polar surface area (TPSA) is 56.7 Å². The van der Waals surface area contributed by atoms with Gasteiger partial charge in [-0.3, -0.25) is 0 Å². The van der Waals surface area contributed by atoms with Crippen LogP contribution >= 0.6 is 0 Å². The largest absolute Gasteiger partial charge is 0.323 e. The molecule has 0 amide bonds. The van der Waals surface area contributed by atoms with E-state index in [-0.39, 0.29) is 6.04 Å². The lowest BCUT2D eigenvalue weighted by Crippen LogP contribution is -2.18. The molecule has 1 saturated carbocycles. The van der Waals surface area contributed by atoms with Crippen molar-refractivity contribution < 1.29 is 0 Å². The van der Waals surface area contributed by atoms with Gasteiger partial charge in [0, 0.05) is 6.04 Å². The number of rotatable bonds is 4. The van der Waals surface area contributed by atoms with Gasteiger partial charge in [0.1, 0.15) is 0 Å². The van der Waals surface area contributed by atoms with E-state index in [9.17, 15) is 0 Å². The van der Waals surface area contributed by atoms with Crippen molar-refractivity contribution in [2.45, 2.75) is 38.1 Å². The van der Waals surface area contributed by atoms with Crippen molar-refractivity contribution in [1.82, 2.24) is 15.0 Å². The second-order valence-electron chi connectivity index (χ2n) is 5.40. The molecule has 19 heavy (non-hydrogen) atoms. The van der Waals surface area contributed by atoms with Gasteiger partial charge in [0.25, 0.3) is 0 Å². The van der Waals surface area contributed by atoms with E-state index in [4.69, 9.17) is 5.73 Å². The van der Waals surface area contributed by atoms with Crippen molar-refractivity contribution >= 4 is 0 Å². The molecule has 1 aliphatic rings. The molecule has 1 heterocycles. The summed E-state index contributed by atoms with van der Waals surface area (Å²) in [7, 11) is 0. The molecule has 0 bridgehead atoms. The van der Waals surface area contributed by atoms with Crippen molar-refractivity contribution in [1.29, 1.82) is 0 Å². The summed E-state index contributed by atoms with van der Waals surface area (Å²) in [4.78, 5) is 0. The van der Waals surface area contributed by atoms with Gasteiger partial charge < -0.3 is 5.73 Å². The van der Waals surface area contributed by atoms with E-state index in [1.807, 2.05) is 35.0 Å². The van der Waals surface area contributed by atoms with Gasteiger partial charge in [-0.05, 0) is 24.5 Å². The summed E-state index contributed by atoms with van der Waals surface area (Å²) >= 11 is 0. The summed E-state index contributed by atoms with van der Waals surface area (Å²) in [5, 5.41) is 8.20. The number of hydrogen-bond donors (Lipinski definition) is 1. The third kappa shape index (κ3) is 2.68. The Labute approximate surface area is 113 Å². The zero-order valence-electron chi connectivity index (χ0n) is 11.1. The molecule has 1 aliphatic carbocycles. The number of aromatic nitrogens is 3. The highest BCUT2D eigenvalue weighted by Gasteiger charge is 2.21. The highest BCUT2D eigenvalue weighted by Crippen LogP contribution is 2.32. The SMILES string of the molecule is NC(CC1CCCC1)c1cnnn1-c1ccccc1. The fraction of sp³-hybridized carbons (Fsp3) is 0.467. The van der Waals surface area contributed by atoms with Crippen LogP contribution in [-0.4, -0.2) is 15.0 Å². The molecule has 0 spiro atoms. The standard InChI is InChI=1S/C15H20N4/c16-14(10-12-6-4-5-7-12)15-11-17-18-19(15)13-8-2-1-3-9-13/h1-3,8-9,11-12,14H,4-7,10,16H2. The minimum absolute atomic E-state index is 0.0262. The van der Waals surface area contributed by atoms with Crippen molar-refractivity contribution in [2.75, 3.05) is 0 Å². The van der Waals surface area contributed by atoms with E-state index < -0.39 is 0 Å². The van der Waals surface area contributed by atoms with Gasteiger partial charge in [-0.1, -0.05) is 49.1 Å². The van der Waals surface area contributed by atoms with Crippen LogP contribution < -0.4 is 5.73 Å². The van der Waals surface area contributed by atoms with Crippen LogP contribution in [0.25, 0.3) is 5.69 Å². The molecule has 0 aliphatic heterocycles. The molecule has 4 heteroatoms. The summed E-state index contributed by atoms with van der Waals surface area (Å²) in [6.07, 6.45) is 8.19. The molecule has 0 saturated heterocycles. The smallest absolute Gasteiger partial charge is 0.0813 e. The molecule has 2 N–H and O–H groups in total. The molecule has 0 radical (unpaired) electrons. The minimum atomic E-state index is 0.0262. The molecule has 3 rings (SSSR count). The Morgan fingerprint density at radius 3 is 2.68 bits per heavy atom. The first-order valence-corrected chi connectivity index (χ1v) is 7.06. The zero-order valence-corrected chi connectivity index (χ0v) is 11.1. The van der Waals surface area contributed by atoms with Crippen LogP contribution in [0.5, 0.6) is 0 Å². The summed E-state index contributed by atoms with van der Waals surface area (Å²) in [5.41, 5.74) is 8.39. The van der Waals surface area contributed by atoms with Crippen LogP contribution in [0.15, 0.2) is 36.5 Å². The van der Waals surface area contributed by atoms with Gasteiger partial charge in [0.15, 0.2) is 0 Å². The lowest BCUT2D eigenvalue weighted by Gasteiger charge is -2.17. The van der Waals surface area contributed by atoms with E-state index in [1.54, 1.807) is 6.20 Å². The van der Waals surface area contributed by atoms with Crippen molar-refractivity contribution in [2.24, 2.45) is 11.7 Å². The third-order valence-electron chi connectivity index (χ3n) is 4.02. The molecular weight excluding hydrogens is 236 g/mol. The highest BCUT2D eigenvalue weighted by atomic mass is 15.4. The van der Waals surface area contributed by atoms with Gasteiger partial charge in [-0.2, -0.15) is 0 Å². The summed E-state index contributed by atoms with van der Waals surface area (Å²) in [6.45, 7) is 0. The first-order valence-electron chi connectivity index (χ1n) is 7.06. The predicted octanol–water partition coefficient (Wildman–Crippen LogP) is 2.85. The molecule has 4 nitrogen and oxygen atoms in total. The lowest BCUT2D eigenvalue weighted by molar-refractivity contribution is 0.440. The third-order valence-corrected chi connectivity index (χ3v) is 4.02. The second kappa shape index (κ2) is 5.53. The normalized spacial score (nSPS) is 17.7. The molecule has 1 fully saturated rings. The van der Waals surface area contributed by atoms with Gasteiger partial charge in [-0.25, -0.2) is 4.68 Å². The van der Waals surface area contributed by atoms with Crippen molar-refractivity contribution in [3.05, 3.63) is 42.2 Å². The lowest BCUT2D eigenvalue weighted by atomic mass is 9.97. The predicted molar refractivity (Wildman–Crippen MR) is 74.9 cm³/mol. The Kier molecular flexibility index (Phi) is 3.60. The first-order chi connectivity index (χ1) is 9.34. The number of para-hydroxylation sites is 1. The highest BCUT2D eigenvalue weighted by molar-refractivity contribution is 5.32. The number of hydrogen-bond acceptors (Lipinski definition) is 3. The van der Waals surface area contributed by atoms with E-state index in [0.29, 0.717) is 0 Å². The van der Waals surface area contributed by atoms with E-state index in [2.05, 4.69) is 10.3 Å². The summed E-state index contributed by atoms with van der Waals surface area (Å²) < 4.78 is 1.86. The molecule has 2 aromatic rings. The van der Waals surface area contributed by atoms with Crippen LogP contribution in [0.2, 0.25) is 0 Å². The van der Waals surface area contributed by atoms with Gasteiger partial charge in [0.05, 0.1) is 17.6 Å². The second-order valence-corrected chi connectivity index (χ2v) is 5.40. The van der Waals surface area contributed by atoms with E-state index in [1.165, 1.54) is 25.7 Å². The molecule has 100 valence electrons. The molecular formula is C15H20N4. The Hall–Kier alpha value is -1.68. The fourth-order valence-corrected chi connectivity index (χ4v) is 2.99. The number of nitrogens with zero attached hydrogens (tertiary/aromatic N) is 3. The van der Waals surface area contributed by atoms with Crippen molar-refractivity contribution in [3.63, 3.8) is 0 Å². The molecule has 1 aromatic carbocycles. The number of nitrogens with two attached hydrogens (primary N) is 1. The number of benzene rings is 1. The maximum Gasteiger partial charge on any atom is 0.0813 e. The van der Waals surface area contributed by atoms with Gasteiger partial charge >= 0.3 is 0 Å². The Balaban J connectivity index is 1.79. The average molecular weight is 256 g/mol. The summed E-state index contributed by atoms with van der Waals surface area (Å²) in [6, 6.07) is 10.1. The maximum absolute atomic E-state index is 6.36. The Morgan fingerprint density at radius 2 is 1.95 bits per heavy atom. The zero-order chi connectivity index (χ0) is 13.1. The molecule has 1 atom stereocenters. The van der Waals surface area contributed by atoms with E-state index in [0.717, 1.165) is 23.7 Å². The van der Waals surface area contributed by atoms with Gasteiger partial charge in [-0.15, -0.1) is 5.10 Å². The Morgan fingerprint density at radius 1 is 1.21 bits per heavy atom. The fourth-order valence-electron chi connectivity index (χ4n) is 2.99. The van der Waals surface area contributed by atoms with Crippen LogP contribution in [0.4, 0.5) is 0 Å². The maximum atomic E-state index is 6.36. The van der Waals surface area contributed by atoms with Gasteiger partial charge in [0.2, 0.25) is 0 Å². The average Bonchev–Trinajstić information content (AvgIpc) is 3.10.